The van der Waals surface area contributed by atoms with Crippen LogP contribution in [0.25, 0.3) is 5.69 Å². The summed E-state index contributed by atoms with van der Waals surface area (Å²) in [7, 11) is 1.36. The zero-order chi connectivity index (χ0) is 21.8. The highest BCUT2D eigenvalue weighted by Gasteiger charge is 2.42. The molecule has 31 heavy (non-hydrogen) atoms. The van der Waals surface area contributed by atoms with E-state index in [1.54, 1.807) is 0 Å². The molecule has 7 nitrogen and oxygen atoms in total. The van der Waals surface area contributed by atoms with E-state index in [4.69, 9.17) is 12.2 Å². The number of hydrogen-bond donors (Lipinski definition) is 1. The minimum Gasteiger partial charge on any atom is -0.468 e. The number of ether oxygens (including phenoxy) is 1. The fourth-order valence-corrected chi connectivity index (χ4v) is 4.81. The molecule has 0 bridgehead atoms. The Hall–Kier alpha value is -2.87. The smallest absolute Gasteiger partial charge is 0.325 e. The van der Waals surface area contributed by atoms with Gasteiger partial charge in [0.15, 0.2) is 5.11 Å². The van der Waals surface area contributed by atoms with Gasteiger partial charge in [-0.2, -0.15) is 0 Å². The van der Waals surface area contributed by atoms with Crippen molar-refractivity contribution in [1.82, 2.24) is 19.7 Å². The molecule has 0 radical (unpaired) electrons. The number of nitrogens with one attached hydrogen (secondary N) is 1. The van der Waals surface area contributed by atoms with Crippen LogP contribution in [-0.2, 0) is 9.53 Å². The van der Waals surface area contributed by atoms with Crippen molar-refractivity contribution in [3.63, 3.8) is 0 Å². The molecule has 2 saturated heterocycles. The number of thiocarbonyl (C=S) groups is 1. The number of aromatic nitrogens is 1. The summed E-state index contributed by atoms with van der Waals surface area (Å²) in [5.41, 5.74) is 1.82. The first kappa shape index (κ1) is 21.4. The fraction of sp³-hybridized carbons (Fsp3) is 0.435. The molecule has 0 saturated carbocycles. The number of carbonyl (C=O) groups is 2. The lowest BCUT2D eigenvalue weighted by molar-refractivity contribution is -0.139. The molecule has 1 N–H and O–H groups in total. The van der Waals surface area contributed by atoms with Crippen LogP contribution in [-0.4, -0.2) is 71.2 Å². The lowest BCUT2D eigenvalue weighted by Crippen LogP contribution is -2.46. The summed E-state index contributed by atoms with van der Waals surface area (Å²) in [6.07, 6.45) is 6.89. The molecule has 2 aliphatic rings. The third-order valence-electron chi connectivity index (χ3n) is 6.47. The quantitative estimate of drug-likeness (QED) is 0.582. The van der Waals surface area contributed by atoms with Gasteiger partial charge in [-0.1, -0.05) is 12.1 Å². The third-order valence-corrected chi connectivity index (χ3v) is 6.87. The fourth-order valence-electron chi connectivity index (χ4n) is 4.58. The van der Waals surface area contributed by atoms with Gasteiger partial charge in [-0.3, -0.25) is 9.59 Å². The highest BCUT2D eigenvalue weighted by atomic mass is 32.1. The maximum absolute atomic E-state index is 13.3. The molecule has 0 unspecified atom stereocenters. The van der Waals surface area contributed by atoms with Gasteiger partial charge in [0.05, 0.1) is 18.4 Å². The van der Waals surface area contributed by atoms with Gasteiger partial charge in [0.1, 0.15) is 6.54 Å². The highest BCUT2D eigenvalue weighted by Crippen LogP contribution is 2.40. The van der Waals surface area contributed by atoms with Gasteiger partial charge in [-0.05, 0) is 61.2 Å². The van der Waals surface area contributed by atoms with Gasteiger partial charge in [0, 0.05) is 38.6 Å². The van der Waals surface area contributed by atoms with E-state index in [1.165, 1.54) is 7.11 Å². The van der Waals surface area contributed by atoms with Crippen LogP contribution in [0.4, 0.5) is 0 Å². The van der Waals surface area contributed by atoms with E-state index in [-0.39, 0.29) is 23.8 Å². The average Bonchev–Trinajstić information content (AvgIpc) is 3.48. The number of carbonyl (C=O) groups excluding carboxylic acids is 2. The number of benzene rings is 1. The number of piperidine rings is 1. The standard InChI is InChI=1S/C23H28N4O3S/c1-30-20(28)16-24-22(31)27-15-10-23(17-27)8-13-26(14-9-23)21(29)18-6-2-3-7-19(18)25-11-4-5-12-25/h2-7,11-12H,8-10,13-17H2,1H3,(H,24,31). The summed E-state index contributed by atoms with van der Waals surface area (Å²) in [6, 6.07) is 11.7. The largest absolute Gasteiger partial charge is 0.468 e. The predicted octanol–water partition coefficient (Wildman–Crippen LogP) is 2.45. The minimum absolute atomic E-state index is 0.0852. The summed E-state index contributed by atoms with van der Waals surface area (Å²) < 4.78 is 6.64. The Bertz CT molecular complexity index is 951. The zero-order valence-corrected chi connectivity index (χ0v) is 18.6. The maximum Gasteiger partial charge on any atom is 0.325 e. The van der Waals surface area contributed by atoms with Crippen LogP contribution in [0, 0.1) is 5.41 Å². The second-order valence-electron chi connectivity index (χ2n) is 8.31. The van der Waals surface area contributed by atoms with Crippen molar-refractivity contribution in [2.75, 3.05) is 39.8 Å². The van der Waals surface area contributed by atoms with E-state index in [0.29, 0.717) is 5.11 Å². The second kappa shape index (κ2) is 9.09. The summed E-state index contributed by atoms with van der Waals surface area (Å²) in [5, 5.41) is 3.58. The van der Waals surface area contributed by atoms with Crippen molar-refractivity contribution >= 4 is 29.2 Å². The molecule has 2 aromatic rings. The van der Waals surface area contributed by atoms with Crippen LogP contribution in [0.1, 0.15) is 29.6 Å². The normalized spacial score (nSPS) is 17.6. The van der Waals surface area contributed by atoms with Crippen LogP contribution in [0.5, 0.6) is 0 Å². The summed E-state index contributed by atoms with van der Waals surface area (Å²) in [4.78, 5) is 28.7. The highest BCUT2D eigenvalue weighted by molar-refractivity contribution is 7.80. The van der Waals surface area contributed by atoms with E-state index in [2.05, 4.69) is 15.0 Å². The number of esters is 1. The van der Waals surface area contributed by atoms with Gasteiger partial charge in [0.25, 0.3) is 5.91 Å². The molecular formula is C23H28N4O3S. The van der Waals surface area contributed by atoms with Gasteiger partial charge in [-0.15, -0.1) is 0 Å². The van der Waals surface area contributed by atoms with Crippen LogP contribution < -0.4 is 5.32 Å². The topological polar surface area (TPSA) is 66.8 Å². The Balaban J connectivity index is 1.36. The molecule has 1 amide bonds. The van der Waals surface area contributed by atoms with E-state index in [1.807, 2.05) is 58.3 Å². The Morgan fingerprint density at radius 3 is 2.35 bits per heavy atom. The number of methoxy groups -OCH3 is 1. The van der Waals surface area contributed by atoms with Crippen molar-refractivity contribution in [3.8, 4) is 5.69 Å². The van der Waals surface area contributed by atoms with Crippen molar-refractivity contribution < 1.29 is 14.3 Å². The van der Waals surface area contributed by atoms with Crippen molar-refractivity contribution in [2.45, 2.75) is 19.3 Å². The predicted molar refractivity (Wildman–Crippen MR) is 122 cm³/mol. The van der Waals surface area contributed by atoms with Gasteiger partial charge in [0.2, 0.25) is 0 Å². The van der Waals surface area contributed by atoms with E-state index in [0.717, 1.165) is 56.7 Å². The van der Waals surface area contributed by atoms with Crippen molar-refractivity contribution in [2.24, 2.45) is 5.41 Å². The molecule has 8 heteroatoms. The first-order valence-electron chi connectivity index (χ1n) is 10.6. The Labute approximate surface area is 188 Å². The number of nitrogens with zero attached hydrogens (tertiary/aromatic N) is 3. The molecule has 3 heterocycles. The number of para-hydroxylation sites is 1. The molecule has 1 aromatic carbocycles. The SMILES string of the molecule is COC(=O)CNC(=S)N1CCC2(CCN(C(=O)c3ccccc3-n3cccc3)CC2)C1. The van der Waals surface area contributed by atoms with Crippen LogP contribution in [0.2, 0.25) is 0 Å². The Kier molecular flexibility index (Phi) is 6.27. The molecule has 2 fully saturated rings. The zero-order valence-electron chi connectivity index (χ0n) is 17.8. The minimum atomic E-state index is -0.330. The average molecular weight is 441 g/mol. The summed E-state index contributed by atoms with van der Waals surface area (Å²) >= 11 is 5.45. The van der Waals surface area contributed by atoms with Gasteiger partial charge in [-0.25, -0.2) is 0 Å². The Morgan fingerprint density at radius 1 is 1.03 bits per heavy atom. The summed E-state index contributed by atoms with van der Waals surface area (Å²) in [6.45, 7) is 3.31. The van der Waals surface area contributed by atoms with Crippen LogP contribution in [0.3, 0.4) is 0 Å². The van der Waals surface area contributed by atoms with Crippen LogP contribution in [0.15, 0.2) is 48.8 Å². The van der Waals surface area contributed by atoms with Gasteiger partial charge >= 0.3 is 5.97 Å². The number of rotatable bonds is 4. The molecule has 1 aromatic heterocycles. The first-order valence-corrected chi connectivity index (χ1v) is 11.0. The van der Waals surface area contributed by atoms with Crippen molar-refractivity contribution in [1.29, 1.82) is 0 Å². The van der Waals surface area contributed by atoms with E-state index >= 15 is 0 Å². The number of amides is 1. The molecular weight excluding hydrogens is 412 g/mol. The first-order chi connectivity index (χ1) is 15.0. The number of likely N-dealkylation sites (tertiary alicyclic amines) is 2. The molecule has 0 aliphatic carbocycles. The lowest BCUT2D eigenvalue weighted by atomic mass is 9.77. The monoisotopic (exact) mass is 440 g/mol. The molecule has 1 spiro atoms. The second-order valence-corrected chi connectivity index (χ2v) is 8.69. The van der Waals surface area contributed by atoms with E-state index in [9.17, 15) is 9.59 Å². The summed E-state index contributed by atoms with van der Waals surface area (Å²) in [5.74, 6) is -0.243. The third kappa shape index (κ3) is 4.58. The number of hydrogen-bond acceptors (Lipinski definition) is 4. The molecule has 164 valence electrons. The molecule has 4 rings (SSSR count). The molecule has 2 aliphatic heterocycles. The van der Waals surface area contributed by atoms with Crippen LogP contribution >= 0.6 is 12.2 Å². The van der Waals surface area contributed by atoms with Crippen molar-refractivity contribution in [3.05, 3.63) is 54.4 Å². The maximum atomic E-state index is 13.3. The van der Waals surface area contributed by atoms with E-state index < -0.39 is 0 Å². The molecule has 0 atom stereocenters. The van der Waals surface area contributed by atoms with Gasteiger partial charge < -0.3 is 24.4 Å². The lowest BCUT2D eigenvalue weighted by Gasteiger charge is -2.39. The Morgan fingerprint density at radius 2 is 1.68 bits per heavy atom.